The maximum Gasteiger partial charge on any atom is 0.573 e. The lowest BCUT2D eigenvalue weighted by molar-refractivity contribution is -0.274. The summed E-state index contributed by atoms with van der Waals surface area (Å²) in [6.45, 7) is 0.831. The molecule has 4 aromatic rings. The number of benzene rings is 3. The smallest absolute Gasteiger partial charge is 0.493 e. The first-order valence-corrected chi connectivity index (χ1v) is 13.2. The van der Waals surface area contributed by atoms with E-state index in [0.717, 1.165) is 17.5 Å². The summed E-state index contributed by atoms with van der Waals surface area (Å²) < 4.78 is 63.3. The van der Waals surface area contributed by atoms with E-state index in [1.807, 2.05) is 6.07 Å². The summed E-state index contributed by atoms with van der Waals surface area (Å²) in [4.78, 5) is 27.8. The van der Waals surface area contributed by atoms with Gasteiger partial charge in [0.05, 0.1) is 13.2 Å². The minimum absolute atomic E-state index is 0.0164. The molecule has 3 aromatic carbocycles. The number of amides is 2. The Hall–Kier alpha value is -5.20. The van der Waals surface area contributed by atoms with Gasteiger partial charge in [-0.1, -0.05) is 29.4 Å². The van der Waals surface area contributed by atoms with Crippen molar-refractivity contribution in [2.24, 2.45) is 0 Å². The number of hydrogen-bond donors (Lipinski definition) is 1. The normalized spacial score (nSPS) is 13.3. The Kier molecular flexibility index (Phi) is 7.53. The molecule has 6 rings (SSSR count). The van der Waals surface area contributed by atoms with E-state index in [-0.39, 0.29) is 49.5 Å². The minimum atomic E-state index is -4.82. The zero-order valence-corrected chi connectivity index (χ0v) is 22.5. The van der Waals surface area contributed by atoms with Crippen LogP contribution in [0.25, 0.3) is 0 Å². The SMILES string of the molecule is O=C(NCc1ccc2c(c1)OCO2)c1cc(CN(Cc2ccc(OC(F)(F)F)cc2)C(=O)c2ccc3c(c2)OCC3)on1. The maximum absolute atomic E-state index is 13.6. The number of aromatic nitrogens is 1. The number of rotatable bonds is 9. The second-order valence-electron chi connectivity index (χ2n) is 9.82. The van der Waals surface area contributed by atoms with Gasteiger partial charge in [-0.05, 0) is 53.1 Å². The summed E-state index contributed by atoms with van der Waals surface area (Å²) in [6.07, 6.45) is -4.07. The van der Waals surface area contributed by atoms with Gasteiger partial charge in [-0.3, -0.25) is 9.59 Å². The van der Waals surface area contributed by atoms with E-state index in [2.05, 4.69) is 15.2 Å². The Morgan fingerprint density at radius 1 is 0.884 bits per heavy atom. The minimum Gasteiger partial charge on any atom is -0.493 e. The van der Waals surface area contributed by atoms with Crippen LogP contribution in [0.4, 0.5) is 13.2 Å². The molecule has 2 aliphatic rings. The molecule has 1 aromatic heterocycles. The topological polar surface area (TPSA) is 112 Å². The maximum atomic E-state index is 13.6. The number of fused-ring (bicyclic) bond motifs is 2. The lowest BCUT2D eigenvalue weighted by Crippen LogP contribution is -2.30. The highest BCUT2D eigenvalue weighted by Crippen LogP contribution is 2.32. The number of nitrogens with zero attached hydrogens (tertiary/aromatic N) is 2. The van der Waals surface area contributed by atoms with Gasteiger partial charge >= 0.3 is 6.36 Å². The van der Waals surface area contributed by atoms with Gasteiger partial charge in [0.1, 0.15) is 11.5 Å². The van der Waals surface area contributed by atoms with Crippen LogP contribution in [0, 0.1) is 0 Å². The highest BCUT2D eigenvalue weighted by Gasteiger charge is 2.31. The van der Waals surface area contributed by atoms with E-state index in [1.165, 1.54) is 35.2 Å². The molecule has 0 saturated carbocycles. The number of halogens is 3. The second-order valence-corrected chi connectivity index (χ2v) is 9.82. The van der Waals surface area contributed by atoms with E-state index in [9.17, 15) is 22.8 Å². The highest BCUT2D eigenvalue weighted by atomic mass is 19.4. The van der Waals surface area contributed by atoms with E-state index >= 15 is 0 Å². The largest absolute Gasteiger partial charge is 0.573 e. The van der Waals surface area contributed by atoms with Gasteiger partial charge in [0.2, 0.25) is 6.79 Å². The van der Waals surface area contributed by atoms with Crippen molar-refractivity contribution in [2.45, 2.75) is 32.4 Å². The van der Waals surface area contributed by atoms with Crippen LogP contribution in [-0.4, -0.2) is 41.6 Å². The van der Waals surface area contributed by atoms with Gasteiger partial charge in [0.15, 0.2) is 23.0 Å². The van der Waals surface area contributed by atoms with E-state index < -0.39 is 12.3 Å². The average molecular weight is 596 g/mol. The van der Waals surface area contributed by atoms with Crippen LogP contribution in [0.1, 0.15) is 43.3 Å². The number of carbonyl (C=O) groups excluding carboxylic acids is 2. The third kappa shape index (κ3) is 6.66. The van der Waals surface area contributed by atoms with Crippen LogP contribution in [0.15, 0.2) is 71.3 Å². The lowest BCUT2D eigenvalue weighted by atomic mass is 10.1. The molecule has 0 aliphatic carbocycles. The monoisotopic (exact) mass is 595 g/mol. The number of nitrogens with one attached hydrogen (secondary N) is 1. The van der Waals surface area contributed by atoms with Crippen LogP contribution < -0.4 is 24.3 Å². The highest BCUT2D eigenvalue weighted by molar-refractivity contribution is 5.95. The lowest BCUT2D eigenvalue weighted by Gasteiger charge is -2.22. The fourth-order valence-electron chi connectivity index (χ4n) is 4.70. The molecular weight excluding hydrogens is 571 g/mol. The molecule has 1 N–H and O–H groups in total. The molecule has 0 spiro atoms. The molecular formula is C30H24F3N3O7. The molecule has 10 nitrogen and oxygen atoms in total. The van der Waals surface area contributed by atoms with E-state index in [4.69, 9.17) is 18.7 Å². The van der Waals surface area contributed by atoms with Crippen LogP contribution in [0.3, 0.4) is 0 Å². The van der Waals surface area contributed by atoms with Crippen molar-refractivity contribution in [3.05, 3.63) is 100 Å². The van der Waals surface area contributed by atoms with Crippen LogP contribution in [0.5, 0.6) is 23.0 Å². The zero-order valence-electron chi connectivity index (χ0n) is 22.5. The Labute approximate surface area is 242 Å². The molecule has 2 aliphatic heterocycles. The molecule has 3 heterocycles. The number of ether oxygens (including phenoxy) is 4. The molecule has 0 bridgehead atoms. The second kappa shape index (κ2) is 11.6. The van der Waals surface area contributed by atoms with Crippen LogP contribution >= 0.6 is 0 Å². The summed E-state index contributed by atoms with van der Waals surface area (Å²) in [6, 6.07) is 17.2. The predicted octanol–water partition coefficient (Wildman–Crippen LogP) is 5.01. The van der Waals surface area contributed by atoms with Crippen LogP contribution in [0.2, 0.25) is 0 Å². The Morgan fingerprint density at radius 3 is 2.49 bits per heavy atom. The Morgan fingerprint density at radius 2 is 1.67 bits per heavy atom. The summed E-state index contributed by atoms with van der Waals surface area (Å²) in [5.41, 5.74) is 2.71. The number of carbonyl (C=O) groups is 2. The van der Waals surface area contributed by atoms with Gasteiger partial charge in [-0.25, -0.2) is 0 Å². The molecule has 13 heteroatoms. The van der Waals surface area contributed by atoms with Crippen molar-refractivity contribution >= 4 is 11.8 Å². The Bertz CT molecular complexity index is 1650. The standard InChI is InChI=1S/C30H24F3N3O7/c31-30(32,33)42-22-6-1-18(2-7-22)15-36(29(38)21-5-4-20-9-10-39-26(20)12-21)16-23-13-24(35-43-23)28(37)34-14-19-3-8-25-27(11-19)41-17-40-25/h1-8,11-13H,9-10,14-17H2,(H,34,37). The van der Waals surface area contributed by atoms with Crippen molar-refractivity contribution in [2.75, 3.05) is 13.4 Å². The first-order chi connectivity index (χ1) is 20.7. The Balaban J connectivity index is 1.16. The predicted molar refractivity (Wildman–Crippen MR) is 143 cm³/mol. The molecule has 0 atom stereocenters. The van der Waals surface area contributed by atoms with Gasteiger partial charge < -0.3 is 33.7 Å². The van der Waals surface area contributed by atoms with E-state index in [1.54, 1.807) is 30.3 Å². The summed E-state index contributed by atoms with van der Waals surface area (Å²) in [7, 11) is 0. The summed E-state index contributed by atoms with van der Waals surface area (Å²) >= 11 is 0. The zero-order chi connectivity index (χ0) is 30.0. The van der Waals surface area contributed by atoms with Crippen molar-refractivity contribution in [1.82, 2.24) is 15.4 Å². The number of alkyl halides is 3. The fraction of sp³-hybridized carbons (Fsp3) is 0.233. The third-order valence-corrected chi connectivity index (χ3v) is 6.79. The van der Waals surface area contributed by atoms with Crippen molar-refractivity contribution < 1.29 is 46.2 Å². The molecule has 222 valence electrons. The van der Waals surface area contributed by atoms with E-state index in [0.29, 0.717) is 35.0 Å². The summed E-state index contributed by atoms with van der Waals surface area (Å²) in [5, 5.41) is 6.62. The summed E-state index contributed by atoms with van der Waals surface area (Å²) in [5.74, 6) is 0.847. The molecule has 0 radical (unpaired) electrons. The van der Waals surface area contributed by atoms with Gasteiger partial charge in [-0.15, -0.1) is 13.2 Å². The molecule has 0 unspecified atom stereocenters. The molecule has 2 amide bonds. The first-order valence-electron chi connectivity index (χ1n) is 13.2. The molecule has 43 heavy (non-hydrogen) atoms. The fourth-order valence-corrected chi connectivity index (χ4v) is 4.70. The van der Waals surface area contributed by atoms with Crippen molar-refractivity contribution in [3.8, 4) is 23.0 Å². The molecule has 0 fully saturated rings. The third-order valence-electron chi connectivity index (χ3n) is 6.79. The average Bonchev–Trinajstić information content (AvgIpc) is 3.76. The van der Waals surface area contributed by atoms with Gasteiger partial charge in [0, 0.05) is 31.1 Å². The van der Waals surface area contributed by atoms with Gasteiger partial charge in [-0.2, -0.15) is 0 Å². The van der Waals surface area contributed by atoms with Crippen LogP contribution in [-0.2, 0) is 26.1 Å². The first kappa shape index (κ1) is 27.9. The van der Waals surface area contributed by atoms with Gasteiger partial charge in [0.25, 0.3) is 11.8 Å². The number of hydrogen-bond acceptors (Lipinski definition) is 8. The molecule has 0 saturated heterocycles. The quantitative estimate of drug-likeness (QED) is 0.288. The van der Waals surface area contributed by atoms with Crippen molar-refractivity contribution in [1.29, 1.82) is 0 Å². The van der Waals surface area contributed by atoms with Crippen molar-refractivity contribution in [3.63, 3.8) is 0 Å².